The predicted molar refractivity (Wildman–Crippen MR) is 105 cm³/mol. The first-order valence-corrected chi connectivity index (χ1v) is 8.71. The molecule has 0 saturated carbocycles. The second kappa shape index (κ2) is 8.40. The van der Waals surface area contributed by atoms with Crippen molar-refractivity contribution in [3.63, 3.8) is 0 Å². The topological polar surface area (TPSA) is 64.9 Å². The van der Waals surface area contributed by atoms with E-state index in [-0.39, 0.29) is 5.91 Å². The normalized spacial score (nSPS) is 11.1. The molecule has 2 heterocycles. The molecule has 0 aliphatic rings. The SMILES string of the molecule is COc1ccc(/C=C/C(=O)NCCc2cn3cc(C)ccc3n2)cc1OC. The van der Waals surface area contributed by atoms with E-state index in [1.807, 2.05) is 54.0 Å². The highest BCUT2D eigenvalue weighted by atomic mass is 16.5. The van der Waals surface area contributed by atoms with Crippen LogP contribution in [0.3, 0.4) is 0 Å². The van der Waals surface area contributed by atoms with Gasteiger partial charge in [0.05, 0.1) is 19.9 Å². The molecule has 0 aliphatic heterocycles. The van der Waals surface area contributed by atoms with Crippen LogP contribution in [0.25, 0.3) is 11.7 Å². The standard InChI is InChI=1S/C21H23N3O3/c1-15-4-8-20-23-17(14-24(20)13-15)10-11-22-21(25)9-6-16-5-7-18(26-2)19(12-16)27-3/h4-9,12-14H,10-11H2,1-3H3,(H,22,25)/b9-6+. The number of methoxy groups -OCH3 is 2. The molecule has 3 rings (SSSR count). The molecule has 0 fully saturated rings. The molecule has 3 aromatic rings. The molecule has 0 saturated heterocycles. The van der Waals surface area contributed by atoms with Crippen molar-refractivity contribution in [1.29, 1.82) is 0 Å². The number of fused-ring (bicyclic) bond motifs is 1. The zero-order chi connectivity index (χ0) is 19.2. The second-order valence-corrected chi connectivity index (χ2v) is 6.19. The Labute approximate surface area is 158 Å². The highest BCUT2D eigenvalue weighted by Crippen LogP contribution is 2.27. The van der Waals surface area contributed by atoms with Gasteiger partial charge in [0.15, 0.2) is 11.5 Å². The van der Waals surface area contributed by atoms with Crippen LogP contribution in [0.2, 0.25) is 0 Å². The maximum Gasteiger partial charge on any atom is 0.244 e. The molecule has 0 bridgehead atoms. The highest BCUT2D eigenvalue weighted by molar-refractivity contribution is 5.91. The third kappa shape index (κ3) is 4.67. The van der Waals surface area contributed by atoms with Crippen molar-refractivity contribution in [3.8, 4) is 11.5 Å². The van der Waals surface area contributed by atoms with E-state index in [1.54, 1.807) is 20.3 Å². The minimum absolute atomic E-state index is 0.149. The van der Waals surface area contributed by atoms with Crippen LogP contribution in [0.15, 0.2) is 48.8 Å². The number of pyridine rings is 1. The average molecular weight is 365 g/mol. The Morgan fingerprint density at radius 1 is 1.15 bits per heavy atom. The van der Waals surface area contributed by atoms with Gasteiger partial charge in [-0.05, 0) is 42.3 Å². The van der Waals surface area contributed by atoms with Gasteiger partial charge in [-0.15, -0.1) is 0 Å². The summed E-state index contributed by atoms with van der Waals surface area (Å²) in [6, 6.07) is 9.52. The summed E-state index contributed by atoms with van der Waals surface area (Å²) in [4.78, 5) is 16.6. The molecule has 140 valence electrons. The third-order valence-corrected chi connectivity index (χ3v) is 4.16. The molecule has 6 heteroatoms. The molecule has 0 unspecified atom stereocenters. The van der Waals surface area contributed by atoms with Crippen molar-refractivity contribution < 1.29 is 14.3 Å². The van der Waals surface area contributed by atoms with Gasteiger partial charge in [0.2, 0.25) is 5.91 Å². The number of hydrogen-bond acceptors (Lipinski definition) is 4. The van der Waals surface area contributed by atoms with Gasteiger partial charge in [0, 0.05) is 31.4 Å². The van der Waals surface area contributed by atoms with Crippen LogP contribution in [-0.4, -0.2) is 36.1 Å². The Kier molecular flexibility index (Phi) is 5.76. The van der Waals surface area contributed by atoms with Gasteiger partial charge in [-0.25, -0.2) is 4.98 Å². The van der Waals surface area contributed by atoms with Gasteiger partial charge in [-0.2, -0.15) is 0 Å². The number of rotatable bonds is 7. The quantitative estimate of drug-likeness (QED) is 0.654. The number of nitrogens with zero attached hydrogens (tertiary/aromatic N) is 2. The van der Waals surface area contributed by atoms with Crippen LogP contribution < -0.4 is 14.8 Å². The molecule has 6 nitrogen and oxygen atoms in total. The lowest BCUT2D eigenvalue weighted by molar-refractivity contribution is -0.116. The fourth-order valence-electron chi connectivity index (χ4n) is 2.78. The van der Waals surface area contributed by atoms with E-state index in [9.17, 15) is 4.79 Å². The summed E-state index contributed by atoms with van der Waals surface area (Å²) >= 11 is 0. The van der Waals surface area contributed by atoms with E-state index in [0.717, 1.165) is 16.9 Å². The fourth-order valence-corrected chi connectivity index (χ4v) is 2.78. The number of benzene rings is 1. The number of ether oxygens (including phenoxy) is 2. The van der Waals surface area contributed by atoms with Crippen molar-refractivity contribution >= 4 is 17.6 Å². The van der Waals surface area contributed by atoms with Crippen LogP contribution in [0.1, 0.15) is 16.8 Å². The third-order valence-electron chi connectivity index (χ3n) is 4.16. The monoisotopic (exact) mass is 365 g/mol. The summed E-state index contributed by atoms with van der Waals surface area (Å²) in [5.74, 6) is 1.13. The molecular formula is C21H23N3O3. The van der Waals surface area contributed by atoms with Gasteiger partial charge in [0.1, 0.15) is 5.65 Å². The van der Waals surface area contributed by atoms with E-state index in [4.69, 9.17) is 9.47 Å². The lowest BCUT2D eigenvalue weighted by atomic mass is 10.2. The average Bonchev–Trinajstić information content (AvgIpc) is 3.07. The number of aromatic nitrogens is 2. The second-order valence-electron chi connectivity index (χ2n) is 6.19. The number of amides is 1. The smallest absolute Gasteiger partial charge is 0.244 e. The number of imidazole rings is 1. The maximum atomic E-state index is 12.0. The molecule has 2 aromatic heterocycles. The number of carbonyl (C=O) groups excluding carboxylic acids is 1. The van der Waals surface area contributed by atoms with Crippen molar-refractivity contribution in [2.75, 3.05) is 20.8 Å². The molecule has 1 N–H and O–H groups in total. The summed E-state index contributed by atoms with van der Waals surface area (Å²) in [7, 11) is 3.17. The molecular weight excluding hydrogens is 342 g/mol. The molecule has 0 atom stereocenters. The van der Waals surface area contributed by atoms with E-state index in [0.29, 0.717) is 24.5 Å². The minimum atomic E-state index is -0.149. The molecule has 0 radical (unpaired) electrons. The molecule has 1 aromatic carbocycles. The predicted octanol–water partition coefficient (Wildman–Crippen LogP) is 3.03. The van der Waals surface area contributed by atoms with Crippen LogP contribution in [0.5, 0.6) is 11.5 Å². The van der Waals surface area contributed by atoms with E-state index in [1.165, 1.54) is 11.6 Å². The summed E-state index contributed by atoms with van der Waals surface area (Å²) in [5, 5.41) is 2.88. The van der Waals surface area contributed by atoms with E-state index >= 15 is 0 Å². The van der Waals surface area contributed by atoms with E-state index in [2.05, 4.69) is 10.3 Å². The summed E-state index contributed by atoms with van der Waals surface area (Å²) in [5.41, 5.74) is 3.90. The van der Waals surface area contributed by atoms with Gasteiger partial charge in [-0.1, -0.05) is 12.1 Å². The van der Waals surface area contributed by atoms with Crippen LogP contribution in [0.4, 0.5) is 0 Å². The number of aryl methyl sites for hydroxylation is 1. The zero-order valence-corrected chi connectivity index (χ0v) is 15.7. The molecule has 1 amide bonds. The van der Waals surface area contributed by atoms with Crippen LogP contribution in [-0.2, 0) is 11.2 Å². The fraction of sp³-hybridized carbons (Fsp3) is 0.238. The van der Waals surface area contributed by atoms with Gasteiger partial charge in [-0.3, -0.25) is 4.79 Å². The van der Waals surface area contributed by atoms with Crippen molar-refractivity contribution in [2.45, 2.75) is 13.3 Å². The molecule has 0 aliphatic carbocycles. The van der Waals surface area contributed by atoms with Crippen molar-refractivity contribution in [1.82, 2.24) is 14.7 Å². The van der Waals surface area contributed by atoms with Crippen molar-refractivity contribution in [3.05, 3.63) is 65.6 Å². The van der Waals surface area contributed by atoms with Crippen molar-refractivity contribution in [2.24, 2.45) is 0 Å². The molecule has 27 heavy (non-hydrogen) atoms. The molecule has 0 spiro atoms. The first-order chi connectivity index (χ1) is 13.1. The zero-order valence-electron chi connectivity index (χ0n) is 15.7. The van der Waals surface area contributed by atoms with E-state index < -0.39 is 0 Å². The van der Waals surface area contributed by atoms with Gasteiger partial charge < -0.3 is 19.2 Å². The number of carbonyl (C=O) groups is 1. The lowest BCUT2D eigenvalue weighted by Crippen LogP contribution is -2.23. The van der Waals surface area contributed by atoms with Crippen LogP contribution >= 0.6 is 0 Å². The van der Waals surface area contributed by atoms with Gasteiger partial charge in [0.25, 0.3) is 0 Å². The number of nitrogens with one attached hydrogen (secondary N) is 1. The largest absolute Gasteiger partial charge is 0.493 e. The minimum Gasteiger partial charge on any atom is -0.493 e. The summed E-state index contributed by atoms with van der Waals surface area (Å²) < 4.78 is 12.5. The summed E-state index contributed by atoms with van der Waals surface area (Å²) in [6.45, 7) is 2.57. The Bertz CT molecular complexity index is 976. The Hall–Kier alpha value is -3.28. The van der Waals surface area contributed by atoms with Crippen LogP contribution in [0, 0.1) is 6.92 Å². The summed E-state index contributed by atoms with van der Waals surface area (Å²) in [6.07, 6.45) is 7.96. The lowest BCUT2D eigenvalue weighted by Gasteiger charge is -2.07. The van der Waals surface area contributed by atoms with Gasteiger partial charge >= 0.3 is 0 Å². The highest BCUT2D eigenvalue weighted by Gasteiger charge is 2.04. The maximum absolute atomic E-state index is 12.0. The Morgan fingerprint density at radius 3 is 2.74 bits per heavy atom. The Balaban J connectivity index is 1.53. The number of hydrogen-bond donors (Lipinski definition) is 1. The first-order valence-electron chi connectivity index (χ1n) is 8.71. The Morgan fingerprint density at radius 2 is 1.96 bits per heavy atom. The first kappa shape index (κ1) is 18.5.